The Bertz CT molecular complexity index is 794. The van der Waals surface area contributed by atoms with Crippen molar-refractivity contribution in [2.75, 3.05) is 36.4 Å². The van der Waals surface area contributed by atoms with Gasteiger partial charge in [-0.2, -0.15) is 0 Å². The Balaban J connectivity index is 1.57. The van der Waals surface area contributed by atoms with Crippen molar-refractivity contribution in [3.05, 3.63) is 59.1 Å². The number of anilines is 2. The number of nitrogens with one attached hydrogen (secondary N) is 2. The molecule has 0 saturated carbocycles. The molecule has 1 atom stereocenters. The SMILES string of the molecule is C[C@H](C(=O)Nc1ccc(F)cc1F)[NH+]1CCN(c2cccc(Cl)c2)CC1. The van der Waals surface area contributed by atoms with Crippen molar-refractivity contribution in [1.82, 2.24) is 0 Å². The Kier molecular flexibility index (Phi) is 5.74. The molecule has 1 aliphatic heterocycles. The molecule has 4 nitrogen and oxygen atoms in total. The quantitative estimate of drug-likeness (QED) is 0.854. The lowest BCUT2D eigenvalue weighted by Gasteiger charge is -2.36. The van der Waals surface area contributed by atoms with Crippen LogP contribution in [0.4, 0.5) is 20.2 Å². The first kappa shape index (κ1) is 18.6. The van der Waals surface area contributed by atoms with E-state index in [9.17, 15) is 13.6 Å². The van der Waals surface area contributed by atoms with Crippen LogP contribution in [0, 0.1) is 11.6 Å². The molecule has 138 valence electrons. The minimum absolute atomic E-state index is 0.000198. The first-order valence-corrected chi connectivity index (χ1v) is 8.93. The zero-order valence-electron chi connectivity index (χ0n) is 14.4. The van der Waals surface area contributed by atoms with Gasteiger partial charge in [0.15, 0.2) is 6.04 Å². The third kappa shape index (κ3) is 4.31. The molecule has 0 radical (unpaired) electrons. The second-order valence-corrected chi connectivity index (χ2v) is 6.90. The molecule has 1 aliphatic rings. The molecular formula is C19H21ClF2N3O+. The predicted octanol–water partition coefficient (Wildman–Crippen LogP) is 2.35. The number of hydrogen-bond donors (Lipinski definition) is 2. The largest absolute Gasteiger partial charge is 0.360 e. The molecule has 7 heteroatoms. The molecule has 1 fully saturated rings. The number of quaternary nitrogens is 1. The summed E-state index contributed by atoms with van der Waals surface area (Å²) in [7, 11) is 0. The fourth-order valence-electron chi connectivity index (χ4n) is 3.18. The van der Waals surface area contributed by atoms with Gasteiger partial charge in [-0.15, -0.1) is 0 Å². The highest BCUT2D eigenvalue weighted by molar-refractivity contribution is 6.30. The van der Waals surface area contributed by atoms with Crippen molar-refractivity contribution in [3.63, 3.8) is 0 Å². The topological polar surface area (TPSA) is 36.8 Å². The molecular weight excluding hydrogens is 360 g/mol. The highest BCUT2D eigenvalue weighted by atomic mass is 35.5. The molecule has 0 aliphatic carbocycles. The first-order chi connectivity index (χ1) is 12.4. The number of benzene rings is 2. The van der Waals surface area contributed by atoms with E-state index in [0.29, 0.717) is 5.02 Å². The number of amides is 1. The van der Waals surface area contributed by atoms with Gasteiger partial charge in [-0.25, -0.2) is 8.78 Å². The van der Waals surface area contributed by atoms with E-state index in [0.717, 1.165) is 48.9 Å². The zero-order valence-corrected chi connectivity index (χ0v) is 15.2. The van der Waals surface area contributed by atoms with Crippen LogP contribution < -0.4 is 15.1 Å². The number of piperazine rings is 1. The summed E-state index contributed by atoms with van der Waals surface area (Å²) < 4.78 is 26.7. The summed E-state index contributed by atoms with van der Waals surface area (Å²) in [5.74, 6) is -1.72. The van der Waals surface area contributed by atoms with E-state index in [1.807, 2.05) is 31.2 Å². The van der Waals surface area contributed by atoms with Gasteiger partial charge in [-0.1, -0.05) is 17.7 Å². The van der Waals surface area contributed by atoms with Crippen LogP contribution >= 0.6 is 11.6 Å². The van der Waals surface area contributed by atoms with Crippen LogP contribution in [0.5, 0.6) is 0 Å². The molecule has 0 aromatic heterocycles. The van der Waals surface area contributed by atoms with Gasteiger partial charge in [0.05, 0.1) is 31.9 Å². The van der Waals surface area contributed by atoms with Crippen LogP contribution in [0.2, 0.25) is 5.02 Å². The third-order valence-electron chi connectivity index (χ3n) is 4.77. The number of carbonyl (C=O) groups excluding carboxylic acids is 1. The highest BCUT2D eigenvalue weighted by Gasteiger charge is 2.29. The molecule has 2 N–H and O–H groups in total. The van der Waals surface area contributed by atoms with Crippen molar-refractivity contribution in [2.24, 2.45) is 0 Å². The van der Waals surface area contributed by atoms with Gasteiger partial charge < -0.3 is 15.1 Å². The summed E-state index contributed by atoms with van der Waals surface area (Å²) in [6.45, 7) is 5.00. The fraction of sp³-hybridized carbons (Fsp3) is 0.316. The predicted molar refractivity (Wildman–Crippen MR) is 98.8 cm³/mol. The molecule has 26 heavy (non-hydrogen) atoms. The minimum atomic E-state index is -0.772. The van der Waals surface area contributed by atoms with Gasteiger partial charge in [0.1, 0.15) is 11.6 Å². The molecule has 2 aromatic rings. The van der Waals surface area contributed by atoms with Crippen molar-refractivity contribution in [1.29, 1.82) is 0 Å². The number of rotatable bonds is 4. The first-order valence-electron chi connectivity index (χ1n) is 8.55. The Morgan fingerprint density at radius 1 is 1.19 bits per heavy atom. The van der Waals surface area contributed by atoms with Gasteiger partial charge in [0.25, 0.3) is 5.91 Å². The van der Waals surface area contributed by atoms with Crippen molar-refractivity contribution < 1.29 is 18.5 Å². The summed E-state index contributed by atoms with van der Waals surface area (Å²) in [4.78, 5) is 15.8. The van der Waals surface area contributed by atoms with Crippen LogP contribution in [0.25, 0.3) is 0 Å². The van der Waals surface area contributed by atoms with E-state index in [4.69, 9.17) is 11.6 Å². The molecule has 3 rings (SSSR count). The molecule has 0 bridgehead atoms. The Hall–Kier alpha value is -2.18. The Labute approximate surface area is 156 Å². The number of hydrogen-bond acceptors (Lipinski definition) is 2. The third-order valence-corrected chi connectivity index (χ3v) is 5.01. The highest BCUT2D eigenvalue weighted by Crippen LogP contribution is 2.19. The lowest BCUT2D eigenvalue weighted by atomic mass is 10.2. The van der Waals surface area contributed by atoms with Gasteiger partial charge in [-0.05, 0) is 37.3 Å². The van der Waals surface area contributed by atoms with Crippen molar-refractivity contribution in [2.45, 2.75) is 13.0 Å². The number of halogens is 3. The maximum atomic E-state index is 13.7. The van der Waals surface area contributed by atoms with E-state index in [2.05, 4.69) is 10.2 Å². The standard InChI is InChI=1S/C19H20ClF2N3O/c1-13(19(26)23-18-6-5-15(21)12-17(18)22)24-7-9-25(10-8-24)16-4-2-3-14(20)11-16/h2-6,11-13H,7-10H2,1H3,(H,23,26)/p+1/t13-/m1/s1. The van der Waals surface area contributed by atoms with Gasteiger partial charge >= 0.3 is 0 Å². The molecule has 1 saturated heterocycles. The van der Waals surface area contributed by atoms with Crippen LogP contribution in [-0.4, -0.2) is 38.1 Å². The number of nitrogens with zero attached hydrogens (tertiary/aromatic N) is 1. The van der Waals surface area contributed by atoms with Gasteiger partial charge in [0.2, 0.25) is 0 Å². The zero-order chi connectivity index (χ0) is 18.7. The maximum Gasteiger partial charge on any atom is 0.282 e. The molecule has 1 amide bonds. The fourth-order valence-corrected chi connectivity index (χ4v) is 3.36. The van der Waals surface area contributed by atoms with E-state index >= 15 is 0 Å². The molecule has 0 unspecified atom stereocenters. The smallest absolute Gasteiger partial charge is 0.282 e. The monoisotopic (exact) mass is 380 g/mol. The minimum Gasteiger partial charge on any atom is -0.360 e. The number of carbonyl (C=O) groups is 1. The summed E-state index contributed by atoms with van der Waals surface area (Å²) >= 11 is 6.05. The lowest BCUT2D eigenvalue weighted by molar-refractivity contribution is -0.914. The Morgan fingerprint density at radius 3 is 2.58 bits per heavy atom. The van der Waals surface area contributed by atoms with E-state index < -0.39 is 11.6 Å². The van der Waals surface area contributed by atoms with Gasteiger partial charge in [0, 0.05) is 16.8 Å². The van der Waals surface area contributed by atoms with Crippen molar-refractivity contribution >= 4 is 28.9 Å². The summed E-state index contributed by atoms with van der Waals surface area (Å²) in [5, 5.41) is 3.25. The van der Waals surface area contributed by atoms with E-state index in [-0.39, 0.29) is 17.6 Å². The Morgan fingerprint density at radius 2 is 1.92 bits per heavy atom. The summed E-state index contributed by atoms with van der Waals surface area (Å²) in [5.41, 5.74) is 1.07. The van der Waals surface area contributed by atoms with Gasteiger partial charge in [-0.3, -0.25) is 4.79 Å². The normalized spacial score (nSPS) is 16.4. The van der Waals surface area contributed by atoms with Crippen LogP contribution in [0.15, 0.2) is 42.5 Å². The summed E-state index contributed by atoms with van der Waals surface area (Å²) in [6, 6.07) is 10.5. The molecule has 0 spiro atoms. The lowest BCUT2D eigenvalue weighted by Crippen LogP contribution is -3.19. The second-order valence-electron chi connectivity index (χ2n) is 6.46. The average molecular weight is 381 g/mol. The average Bonchev–Trinajstić information content (AvgIpc) is 2.63. The van der Waals surface area contributed by atoms with E-state index in [1.54, 1.807) is 0 Å². The molecule has 2 aromatic carbocycles. The van der Waals surface area contributed by atoms with E-state index in [1.165, 1.54) is 6.07 Å². The summed E-state index contributed by atoms with van der Waals surface area (Å²) in [6.07, 6.45) is 0. The second kappa shape index (κ2) is 8.01. The molecule has 1 heterocycles. The van der Waals surface area contributed by atoms with Crippen molar-refractivity contribution in [3.8, 4) is 0 Å². The maximum absolute atomic E-state index is 13.7. The van der Waals surface area contributed by atoms with Crippen LogP contribution in [0.1, 0.15) is 6.92 Å². The van der Waals surface area contributed by atoms with Crippen LogP contribution in [0.3, 0.4) is 0 Å². The van der Waals surface area contributed by atoms with Crippen LogP contribution in [-0.2, 0) is 4.79 Å².